The van der Waals surface area contributed by atoms with Crippen LogP contribution in [0.4, 0.5) is 0 Å². The van der Waals surface area contributed by atoms with E-state index in [1.165, 1.54) is 11.6 Å². The Hall–Kier alpha value is -3.18. The van der Waals surface area contributed by atoms with Gasteiger partial charge in [0.1, 0.15) is 5.75 Å². The van der Waals surface area contributed by atoms with Gasteiger partial charge in [0.25, 0.3) is 0 Å². The second-order valence-electron chi connectivity index (χ2n) is 8.87. The van der Waals surface area contributed by atoms with E-state index in [0.717, 1.165) is 22.3 Å². The van der Waals surface area contributed by atoms with Crippen LogP contribution in [0.5, 0.6) is 5.75 Å². The molecule has 0 bridgehead atoms. The molecule has 0 heterocycles. The standard InChI is InChI=1S/C28H33NO4/c1-18-6-9-21(10-7-18)11-15-26(31)33-16-4-5-20(3)22-13-14-24(28(22)32)27(29)23-12-8-19(2)17-25(23)30/h6-12,15,17,24,27,30H,4-5,13-14,16,29H2,1-3H3/b15-11+,22-20+. The maximum absolute atomic E-state index is 13.0. The number of hydrogen-bond acceptors (Lipinski definition) is 5. The number of nitrogens with two attached hydrogens (primary N) is 1. The van der Waals surface area contributed by atoms with Crippen molar-refractivity contribution in [2.75, 3.05) is 6.61 Å². The van der Waals surface area contributed by atoms with E-state index in [9.17, 15) is 14.7 Å². The van der Waals surface area contributed by atoms with Crippen molar-refractivity contribution in [3.8, 4) is 5.75 Å². The summed E-state index contributed by atoms with van der Waals surface area (Å²) in [6.45, 7) is 6.18. The molecule has 1 saturated carbocycles. The van der Waals surface area contributed by atoms with E-state index in [1.54, 1.807) is 18.2 Å². The topological polar surface area (TPSA) is 89.6 Å². The number of allylic oxidation sites excluding steroid dienone is 2. The number of esters is 1. The monoisotopic (exact) mass is 447 g/mol. The molecule has 174 valence electrons. The average molecular weight is 448 g/mol. The fraction of sp³-hybridized carbons (Fsp3) is 0.357. The molecule has 1 aliphatic carbocycles. The highest BCUT2D eigenvalue weighted by molar-refractivity contribution is 6.00. The van der Waals surface area contributed by atoms with E-state index in [-0.39, 0.29) is 23.4 Å². The van der Waals surface area contributed by atoms with E-state index in [1.807, 2.05) is 51.1 Å². The number of aromatic hydroxyl groups is 1. The summed E-state index contributed by atoms with van der Waals surface area (Å²) in [4.78, 5) is 24.9. The molecule has 3 rings (SSSR count). The molecule has 0 radical (unpaired) electrons. The third-order valence-electron chi connectivity index (χ3n) is 6.26. The lowest BCUT2D eigenvalue weighted by atomic mass is 9.89. The Balaban J connectivity index is 1.49. The molecule has 1 aliphatic rings. The molecule has 1 fully saturated rings. The Morgan fingerprint density at radius 1 is 1.18 bits per heavy atom. The van der Waals surface area contributed by atoms with Crippen molar-refractivity contribution in [3.05, 3.63) is 81.9 Å². The molecule has 2 atom stereocenters. The first-order valence-electron chi connectivity index (χ1n) is 11.5. The molecule has 2 aromatic rings. The predicted molar refractivity (Wildman–Crippen MR) is 131 cm³/mol. The third kappa shape index (κ3) is 6.42. The van der Waals surface area contributed by atoms with Gasteiger partial charge in [0, 0.05) is 23.6 Å². The van der Waals surface area contributed by atoms with Crippen molar-refractivity contribution in [2.45, 2.75) is 52.5 Å². The Bertz CT molecular complexity index is 1070. The first-order chi connectivity index (χ1) is 15.8. The average Bonchev–Trinajstić information content (AvgIpc) is 3.17. The number of carbonyl (C=O) groups is 2. The Morgan fingerprint density at radius 3 is 2.58 bits per heavy atom. The minimum absolute atomic E-state index is 0.0676. The van der Waals surface area contributed by atoms with Crippen LogP contribution in [0.3, 0.4) is 0 Å². The second kappa shape index (κ2) is 11.1. The maximum Gasteiger partial charge on any atom is 0.330 e. The molecule has 5 heteroatoms. The zero-order valence-electron chi connectivity index (χ0n) is 19.6. The van der Waals surface area contributed by atoms with Crippen LogP contribution >= 0.6 is 0 Å². The molecule has 5 nitrogen and oxygen atoms in total. The van der Waals surface area contributed by atoms with Gasteiger partial charge in [-0.1, -0.05) is 47.5 Å². The minimum Gasteiger partial charge on any atom is -0.508 e. The van der Waals surface area contributed by atoms with Gasteiger partial charge in [-0.3, -0.25) is 4.79 Å². The summed E-state index contributed by atoms with van der Waals surface area (Å²) in [6.07, 6.45) is 5.88. The molecule has 3 N–H and O–H groups in total. The minimum atomic E-state index is -0.523. The molecule has 0 aromatic heterocycles. The predicted octanol–water partition coefficient (Wildman–Crippen LogP) is 5.34. The number of ketones is 1. The zero-order valence-corrected chi connectivity index (χ0v) is 19.6. The normalized spacial score (nSPS) is 18.5. The zero-order chi connectivity index (χ0) is 24.0. The van der Waals surface area contributed by atoms with Gasteiger partial charge in [-0.15, -0.1) is 0 Å². The van der Waals surface area contributed by atoms with Crippen LogP contribution in [0.25, 0.3) is 6.08 Å². The van der Waals surface area contributed by atoms with Crippen LogP contribution in [0.1, 0.15) is 60.9 Å². The molecule has 0 aliphatic heterocycles. The Labute approximate surface area is 196 Å². The van der Waals surface area contributed by atoms with Gasteiger partial charge in [-0.05, 0) is 75.3 Å². The summed E-state index contributed by atoms with van der Waals surface area (Å²) < 4.78 is 5.29. The number of benzene rings is 2. The molecule has 33 heavy (non-hydrogen) atoms. The Morgan fingerprint density at radius 2 is 1.88 bits per heavy atom. The van der Waals surface area contributed by atoms with Gasteiger partial charge >= 0.3 is 5.97 Å². The summed E-state index contributed by atoms with van der Waals surface area (Å²) in [5, 5.41) is 10.2. The highest BCUT2D eigenvalue weighted by Gasteiger charge is 2.36. The lowest BCUT2D eigenvalue weighted by molar-refractivity contribution is -0.137. The molecule has 0 amide bonds. The fourth-order valence-electron chi connectivity index (χ4n) is 4.25. The summed E-state index contributed by atoms with van der Waals surface area (Å²) in [6, 6.07) is 12.7. The van der Waals surface area contributed by atoms with Gasteiger partial charge in [0.15, 0.2) is 5.78 Å². The van der Waals surface area contributed by atoms with Crippen molar-refractivity contribution in [2.24, 2.45) is 11.7 Å². The quantitative estimate of drug-likeness (QED) is 0.324. The smallest absolute Gasteiger partial charge is 0.330 e. The Kier molecular flexibility index (Phi) is 8.23. The SMILES string of the molecule is C/C(CCCOC(=O)/C=C/c1ccc(C)cc1)=C1/CCC(C(N)c2ccc(C)cc2O)C1=O. The molecule has 0 spiro atoms. The van der Waals surface area contributed by atoms with E-state index in [4.69, 9.17) is 10.5 Å². The highest BCUT2D eigenvalue weighted by atomic mass is 16.5. The number of rotatable bonds is 8. The summed E-state index contributed by atoms with van der Waals surface area (Å²) >= 11 is 0. The van der Waals surface area contributed by atoms with E-state index in [2.05, 4.69) is 0 Å². The highest BCUT2D eigenvalue weighted by Crippen LogP contribution is 2.39. The fourth-order valence-corrected chi connectivity index (χ4v) is 4.25. The first kappa shape index (κ1) is 24.5. The molecule has 2 aromatic carbocycles. The van der Waals surface area contributed by atoms with Crippen LogP contribution < -0.4 is 5.73 Å². The van der Waals surface area contributed by atoms with E-state index in [0.29, 0.717) is 37.9 Å². The van der Waals surface area contributed by atoms with Gasteiger partial charge in [0.05, 0.1) is 6.61 Å². The molecule has 0 saturated heterocycles. The maximum atomic E-state index is 13.0. The van der Waals surface area contributed by atoms with Gasteiger partial charge in [-0.2, -0.15) is 0 Å². The lowest BCUT2D eigenvalue weighted by Gasteiger charge is -2.19. The van der Waals surface area contributed by atoms with Crippen molar-refractivity contribution < 1.29 is 19.4 Å². The number of carbonyl (C=O) groups excluding carboxylic acids is 2. The first-order valence-corrected chi connectivity index (χ1v) is 11.5. The number of phenols is 1. The van der Waals surface area contributed by atoms with Crippen LogP contribution in [-0.4, -0.2) is 23.5 Å². The van der Waals surface area contributed by atoms with E-state index >= 15 is 0 Å². The van der Waals surface area contributed by atoms with Crippen molar-refractivity contribution in [1.82, 2.24) is 0 Å². The number of hydrogen-bond donors (Lipinski definition) is 2. The van der Waals surface area contributed by atoms with Crippen molar-refractivity contribution in [1.29, 1.82) is 0 Å². The van der Waals surface area contributed by atoms with Crippen molar-refractivity contribution in [3.63, 3.8) is 0 Å². The van der Waals surface area contributed by atoms with Crippen LogP contribution in [0.15, 0.2) is 59.7 Å². The number of Topliss-reactive ketones (excluding diaryl/α,β-unsaturated/α-hetero) is 1. The van der Waals surface area contributed by atoms with Gasteiger partial charge < -0.3 is 15.6 Å². The number of phenolic OH excluding ortho intramolecular Hbond substituents is 1. The number of ether oxygens (including phenoxy) is 1. The lowest BCUT2D eigenvalue weighted by Crippen LogP contribution is -2.25. The second-order valence-corrected chi connectivity index (χ2v) is 8.87. The van der Waals surface area contributed by atoms with Crippen molar-refractivity contribution >= 4 is 17.8 Å². The van der Waals surface area contributed by atoms with Crippen LogP contribution in [0, 0.1) is 19.8 Å². The summed E-state index contributed by atoms with van der Waals surface area (Å²) in [7, 11) is 0. The number of aryl methyl sites for hydroxylation is 2. The van der Waals surface area contributed by atoms with Crippen LogP contribution in [-0.2, 0) is 14.3 Å². The van der Waals surface area contributed by atoms with E-state index < -0.39 is 6.04 Å². The van der Waals surface area contributed by atoms with Crippen LogP contribution in [0.2, 0.25) is 0 Å². The third-order valence-corrected chi connectivity index (χ3v) is 6.26. The summed E-state index contributed by atoms with van der Waals surface area (Å²) in [5.41, 5.74) is 11.9. The summed E-state index contributed by atoms with van der Waals surface area (Å²) in [5.74, 6) is -0.490. The molecular formula is C28H33NO4. The van der Waals surface area contributed by atoms with Gasteiger partial charge in [0.2, 0.25) is 0 Å². The molecule has 2 unspecified atom stereocenters. The molecular weight excluding hydrogens is 414 g/mol. The largest absolute Gasteiger partial charge is 0.508 e. The van der Waals surface area contributed by atoms with Gasteiger partial charge in [-0.25, -0.2) is 4.79 Å².